The molecule has 17 heavy (non-hydrogen) atoms. The Morgan fingerprint density at radius 3 is 2.59 bits per heavy atom. The number of methoxy groups -OCH3 is 1. The Balaban J connectivity index is 3.70. The lowest BCUT2D eigenvalue weighted by molar-refractivity contribution is 0.0699. The molecule has 0 aromatic heterocycles. The lowest BCUT2D eigenvalue weighted by atomic mass is 10.5. The highest BCUT2D eigenvalue weighted by molar-refractivity contribution is 7.93. The zero-order chi connectivity index (χ0) is 13.3. The Kier molecular flexibility index (Phi) is 8.61. The number of rotatable bonds is 10. The smallest absolute Gasteiger partial charge is 0.220 e. The first-order valence-electron chi connectivity index (χ1n) is 5.26. The van der Waals surface area contributed by atoms with Gasteiger partial charge in [-0.1, -0.05) is 12.2 Å². The van der Waals surface area contributed by atoms with Gasteiger partial charge in [-0.3, -0.25) is 0 Å². The molecule has 0 spiro atoms. The van der Waals surface area contributed by atoms with E-state index in [1.165, 1.54) is 6.92 Å². The second-order valence-electron chi connectivity index (χ2n) is 3.44. The Morgan fingerprint density at radius 1 is 1.41 bits per heavy atom. The van der Waals surface area contributed by atoms with Crippen LogP contribution in [0.3, 0.4) is 0 Å². The Morgan fingerprint density at radius 2 is 2.06 bits per heavy atom. The third-order valence-corrected chi connectivity index (χ3v) is 4.36. The van der Waals surface area contributed by atoms with Crippen LogP contribution in [0.15, 0.2) is 0 Å². The van der Waals surface area contributed by atoms with Crippen LogP contribution in [0.4, 0.5) is 0 Å². The number of hydrogen-bond donors (Lipinski definition) is 2. The van der Waals surface area contributed by atoms with Gasteiger partial charge >= 0.3 is 0 Å². The minimum Gasteiger partial charge on any atom is -0.392 e. The zero-order valence-corrected chi connectivity index (χ0v) is 11.8. The molecule has 1 atom stereocenters. The largest absolute Gasteiger partial charge is 0.392 e. The molecule has 0 fully saturated rings. The first-order chi connectivity index (χ1) is 7.91. The summed E-state index contributed by atoms with van der Waals surface area (Å²) in [5.74, 6) is 0. The second-order valence-corrected chi connectivity index (χ2v) is 6.00. The molecule has 0 rings (SSSR count). The van der Waals surface area contributed by atoms with Gasteiger partial charge in [0, 0.05) is 20.3 Å². The predicted octanol–water partition coefficient (Wildman–Crippen LogP) is -0.366. The summed E-state index contributed by atoms with van der Waals surface area (Å²) in [5.41, 5.74) is 5.28. The van der Waals surface area contributed by atoms with E-state index in [2.05, 4.69) is 16.9 Å². The second kappa shape index (κ2) is 8.76. The van der Waals surface area contributed by atoms with Crippen LogP contribution < -0.4 is 10.5 Å². The van der Waals surface area contributed by atoms with E-state index in [0.717, 1.165) is 0 Å². The number of thiocarbonyl (C=S) groups is 1. The van der Waals surface area contributed by atoms with Gasteiger partial charge in [-0.25, -0.2) is 13.1 Å². The van der Waals surface area contributed by atoms with Crippen molar-refractivity contribution in [2.24, 2.45) is 5.73 Å². The molecule has 0 aromatic carbocycles. The van der Waals surface area contributed by atoms with Crippen molar-refractivity contribution in [3.8, 4) is 0 Å². The quantitative estimate of drug-likeness (QED) is 0.420. The SMILES string of the molecule is COCCOCCCNS(=O)(=O)C(C)C(N)=S. The maximum atomic E-state index is 11.6. The average molecular weight is 284 g/mol. The van der Waals surface area contributed by atoms with Gasteiger partial charge in [0.15, 0.2) is 0 Å². The van der Waals surface area contributed by atoms with Gasteiger partial charge in [-0.15, -0.1) is 0 Å². The molecule has 0 aliphatic heterocycles. The summed E-state index contributed by atoms with van der Waals surface area (Å²) in [6.45, 7) is 3.28. The molecule has 3 N–H and O–H groups in total. The van der Waals surface area contributed by atoms with Crippen LogP contribution in [0.2, 0.25) is 0 Å². The number of nitrogens with two attached hydrogens (primary N) is 1. The minimum atomic E-state index is -3.45. The van der Waals surface area contributed by atoms with E-state index in [-0.39, 0.29) is 4.99 Å². The van der Waals surface area contributed by atoms with Crippen LogP contribution in [0, 0.1) is 0 Å². The van der Waals surface area contributed by atoms with Crippen LogP contribution in [-0.4, -0.2) is 52.1 Å². The fraction of sp³-hybridized carbons (Fsp3) is 0.889. The number of sulfonamides is 1. The summed E-state index contributed by atoms with van der Waals surface area (Å²) < 4.78 is 35.5. The van der Waals surface area contributed by atoms with E-state index in [9.17, 15) is 8.42 Å². The molecular weight excluding hydrogens is 264 g/mol. The molecule has 0 saturated heterocycles. The fourth-order valence-electron chi connectivity index (χ4n) is 0.911. The molecule has 8 heteroatoms. The molecule has 0 saturated carbocycles. The maximum Gasteiger partial charge on any atom is 0.220 e. The topological polar surface area (TPSA) is 90.6 Å². The molecule has 0 aliphatic rings. The van der Waals surface area contributed by atoms with E-state index >= 15 is 0 Å². The van der Waals surface area contributed by atoms with Gasteiger partial charge < -0.3 is 15.2 Å². The van der Waals surface area contributed by atoms with Crippen LogP contribution >= 0.6 is 12.2 Å². The monoisotopic (exact) mass is 284 g/mol. The van der Waals surface area contributed by atoms with Crippen LogP contribution in [0.25, 0.3) is 0 Å². The van der Waals surface area contributed by atoms with Crippen molar-refractivity contribution in [1.82, 2.24) is 4.72 Å². The molecule has 102 valence electrons. The highest BCUT2D eigenvalue weighted by Crippen LogP contribution is 1.98. The van der Waals surface area contributed by atoms with E-state index in [1.807, 2.05) is 0 Å². The summed E-state index contributed by atoms with van der Waals surface area (Å²) in [5, 5.41) is -0.855. The molecule has 0 amide bonds. The van der Waals surface area contributed by atoms with Gasteiger partial charge in [0.25, 0.3) is 0 Å². The van der Waals surface area contributed by atoms with Crippen molar-refractivity contribution in [2.75, 3.05) is 33.5 Å². The van der Waals surface area contributed by atoms with Crippen molar-refractivity contribution in [2.45, 2.75) is 18.6 Å². The van der Waals surface area contributed by atoms with Crippen LogP contribution in [0.1, 0.15) is 13.3 Å². The third-order valence-electron chi connectivity index (χ3n) is 2.07. The first kappa shape index (κ1) is 16.7. The minimum absolute atomic E-state index is 0.0335. The van der Waals surface area contributed by atoms with Crippen molar-refractivity contribution in [1.29, 1.82) is 0 Å². The summed E-state index contributed by atoms with van der Waals surface area (Å²) in [6, 6.07) is 0. The molecule has 1 unspecified atom stereocenters. The van der Waals surface area contributed by atoms with Gasteiger partial charge in [0.1, 0.15) is 5.25 Å². The van der Waals surface area contributed by atoms with Gasteiger partial charge in [-0.2, -0.15) is 0 Å². The van der Waals surface area contributed by atoms with Crippen LogP contribution in [-0.2, 0) is 19.5 Å². The molecule has 0 bridgehead atoms. The summed E-state index contributed by atoms with van der Waals surface area (Å²) in [7, 11) is -1.86. The number of hydrogen-bond acceptors (Lipinski definition) is 5. The highest BCUT2D eigenvalue weighted by Gasteiger charge is 2.22. The molecular formula is C9H20N2O4S2. The van der Waals surface area contributed by atoms with E-state index in [4.69, 9.17) is 15.2 Å². The van der Waals surface area contributed by atoms with Crippen molar-refractivity contribution in [3.63, 3.8) is 0 Å². The van der Waals surface area contributed by atoms with E-state index in [0.29, 0.717) is 32.8 Å². The van der Waals surface area contributed by atoms with Crippen molar-refractivity contribution >= 4 is 27.2 Å². The zero-order valence-electron chi connectivity index (χ0n) is 10.1. The normalized spacial score (nSPS) is 13.5. The van der Waals surface area contributed by atoms with Crippen molar-refractivity contribution in [3.05, 3.63) is 0 Å². The molecule has 0 radical (unpaired) electrons. The average Bonchev–Trinajstić information content (AvgIpc) is 2.26. The summed E-state index contributed by atoms with van der Waals surface area (Å²) in [6.07, 6.45) is 0.590. The van der Waals surface area contributed by atoms with E-state index < -0.39 is 15.3 Å². The Hall–Kier alpha value is -0.280. The predicted molar refractivity (Wildman–Crippen MR) is 70.5 cm³/mol. The lowest BCUT2D eigenvalue weighted by Crippen LogP contribution is -2.40. The van der Waals surface area contributed by atoms with E-state index in [1.54, 1.807) is 7.11 Å². The summed E-state index contributed by atoms with van der Waals surface area (Å²) >= 11 is 4.64. The van der Waals surface area contributed by atoms with Gasteiger partial charge in [0.05, 0.1) is 18.2 Å². The van der Waals surface area contributed by atoms with Gasteiger partial charge in [-0.05, 0) is 13.3 Å². The molecule has 6 nitrogen and oxygen atoms in total. The Labute approximate surface area is 108 Å². The maximum absolute atomic E-state index is 11.6. The summed E-state index contributed by atoms with van der Waals surface area (Å²) in [4.78, 5) is -0.0335. The standard InChI is InChI=1S/C9H20N2O4S2/c1-8(9(10)16)17(12,13)11-4-3-5-15-7-6-14-2/h8,11H,3-7H2,1-2H3,(H2,10,16). The van der Waals surface area contributed by atoms with Crippen LogP contribution in [0.5, 0.6) is 0 Å². The van der Waals surface area contributed by atoms with Gasteiger partial charge in [0.2, 0.25) is 10.0 Å². The third kappa shape index (κ3) is 7.61. The number of ether oxygens (including phenoxy) is 2. The number of nitrogens with one attached hydrogen (secondary N) is 1. The highest BCUT2D eigenvalue weighted by atomic mass is 32.2. The Bertz CT molecular complexity index is 319. The lowest BCUT2D eigenvalue weighted by Gasteiger charge is -2.12. The fourth-order valence-corrected chi connectivity index (χ4v) is 2.28. The van der Waals surface area contributed by atoms with Crippen molar-refractivity contribution < 1.29 is 17.9 Å². The molecule has 0 heterocycles. The molecule has 0 aliphatic carbocycles. The molecule has 0 aromatic rings. The first-order valence-corrected chi connectivity index (χ1v) is 7.21.